The topological polar surface area (TPSA) is 144 Å². The Morgan fingerprint density at radius 3 is 1.42 bits per heavy atom. The van der Waals surface area contributed by atoms with E-state index in [0.29, 0.717) is 27.8 Å². The monoisotopic (exact) mass is 798 g/mol. The second kappa shape index (κ2) is 16.0. The summed E-state index contributed by atoms with van der Waals surface area (Å²) >= 11 is 0. The van der Waals surface area contributed by atoms with Crippen LogP contribution in [0.25, 0.3) is 22.3 Å². The van der Waals surface area contributed by atoms with Crippen LogP contribution in [0.3, 0.4) is 0 Å². The van der Waals surface area contributed by atoms with E-state index in [2.05, 4.69) is 44.2 Å². The fourth-order valence-electron chi connectivity index (χ4n) is 5.35. The highest BCUT2D eigenvalue weighted by Gasteiger charge is 2.44. The fraction of sp³-hybridized carbons (Fsp3) is 0.132. The lowest BCUT2D eigenvalue weighted by Crippen LogP contribution is -2.25. The first-order valence-electron chi connectivity index (χ1n) is 16.3. The van der Waals surface area contributed by atoms with Crippen molar-refractivity contribution in [1.29, 1.82) is 0 Å². The molecule has 4 aromatic carbocycles. The van der Waals surface area contributed by atoms with Gasteiger partial charge in [0.25, 0.3) is 0 Å². The lowest BCUT2D eigenvalue weighted by atomic mass is 10.0. The van der Waals surface area contributed by atoms with E-state index in [0.717, 1.165) is 29.8 Å². The molecule has 2 aromatic heterocycles. The summed E-state index contributed by atoms with van der Waals surface area (Å²) in [6.07, 6.45) is -1.18. The van der Waals surface area contributed by atoms with E-state index >= 15 is 0 Å². The van der Waals surface area contributed by atoms with E-state index in [-0.39, 0.29) is 53.3 Å². The number of nitrogens with zero attached hydrogens (tertiary/aromatic N) is 4. The molecular formula is C38H26F8N6O5. The Balaban J connectivity index is 0.000000162. The highest BCUT2D eigenvalue weighted by Crippen LogP contribution is 2.45. The number of fused-ring (bicyclic) bond motifs is 2. The summed E-state index contributed by atoms with van der Waals surface area (Å²) in [7, 11) is 0. The first-order chi connectivity index (χ1) is 27.0. The van der Waals surface area contributed by atoms with Gasteiger partial charge in [-0.25, -0.2) is 37.5 Å². The summed E-state index contributed by atoms with van der Waals surface area (Å²) in [6.45, 7) is 3.37. The molecule has 0 aliphatic carbocycles. The predicted octanol–water partition coefficient (Wildman–Crippen LogP) is 8.80. The highest BCUT2D eigenvalue weighted by molar-refractivity contribution is 5.75. The molecule has 19 heteroatoms. The van der Waals surface area contributed by atoms with Gasteiger partial charge in [-0.15, -0.1) is 17.6 Å². The van der Waals surface area contributed by atoms with Gasteiger partial charge in [-0.2, -0.15) is 0 Å². The van der Waals surface area contributed by atoms with Crippen LogP contribution < -0.4 is 30.0 Å². The molecule has 0 saturated carbocycles. The van der Waals surface area contributed by atoms with Crippen molar-refractivity contribution in [2.75, 3.05) is 11.1 Å². The number of carbonyl (C=O) groups excluding carboxylic acids is 1. The number of hydrogen-bond acceptors (Lipinski definition) is 11. The number of anilines is 2. The van der Waals surface area contributed by atoms with E-state index in [1.807, 2.05) is 0 Å². The van der Waals surface area contributed by atoms with Crippen molar-refractivity contribution in [2.24, 2.45) is 0 Å². The molecule has 57 heavy (non-hydrogen) atoms. The van der Waals surface area contributed by atoms with Gasteiger partial charge in [0, 0.05) is 48.0 Å². The van der Waals surface area contributed by atoms with Crippen LogP contribution in [0.2, 0.25) is 0 Å². The number of hydrogen-bond donors (Lipinski definition) is 2. The van der Waals surface area contributed by atoms with E-state index < -0.39 is 41.4 Å². The van der Waals surface area contributed by atoms with Gasteiger partial charge in [0.05, 0.1) is 5.56 Å². The third-order valence-corrected chi connectivity index (χ3v) is 8.04. The number of carbonyl (C=O) groups is 1. The number of alkyl halides is 4. The van der Waals surface area contributed by atoms with E-state index in [9.17, 15) is 39.9 Å². The van der Waals surface area contributed by atoms with Crippen molar-refractivity contribution in [3.8, 4) is 45.3 Å². The number of ether oxygens (including phenoxy) is 4. The average molecular weight is 799 g/mol. The molecule has 0 unspecified atom stereocenters. The minimum absolute atomic E-state index is 0.0116. The minimum atomic E-state index is -3.69. The van der Waals surface area contributed by atoms with Crippen molar-refractivity contribution in [3.05, 3.63) is 131 Å². The molecular weight excluding hydrogens is 772 g/mol. The molecule has 0 radical (unpaired) electrons. The number of nitrogen functional groups attached to an aromatic ring is 1. The number of halogens is 8. The van der Waals surface area contributed by atoms with Gasteiger partial charge in [0.1, 0.15) is 23.3 Å². The molecule has 11 nitrogen and oxygen atoms in total. The molecule has 0 bridgehead atoms. The quantitative estimate of drug-likeness (QED) is 0.123. The Bertz CT molecular complexity index is 2400. The van der Waals surface area contributed by atoms with Crippen LogP contribution in [0.4, 0.5) is 47.0 Å². The van der Waals surface area contributed by atoms with Crippen LogP contribution in [0.5, 0.6) is 23.0 Å². The summed E-state index contributed by atoms with van der Waals surface area (Å²) in [6, 6.07) is 12.7. The van der Waals surface area contributed by atoms with Crippen LogP contribution in [-0.2, 0) is 6.54 Å². The third-order valence-electron chi connectivity index (χ3n) is 8.04. The zero-order valence-corrected chi connectivity index (χ0v) is 29.3. The Hall–Kier alpha value is -7.05. The smallest absolute Gasteiger partial charge is 0.395 e. The van der Waals surface area contributed by atoms with Crippen molar-refractivity contribution in [1.82, 2.24) is 19.9 Å². The maximum Gasteiger partial charge on any atom is 0.586 e. The summed E-state index contributed by atoms with van der Waals surface area (Å²) in [5, 5.41) is 2.74. The van der Waals surface area contributed by atoms with Gasteiger partial charge in [-0.05, 0) is 84.6 Å². The lowest BCUT2D eigenvalue weighted by molar-refractivity contribution is -0.287. The zero-order chi connectivity index (χ0) is 41.1. The normalized spacial score (nSPS) is 13.8. The van der Waals surface area contributed by atoms with Crippen LogP contribution in [0, 0.1) is 37.1 Å². The SMILES string of the molecule is Cc1cc2c(cc1-c1cnc(N)nc1)OC(F)(F)O2.Cc1cc2c(cc1-c1cnc(NCc3c(F)cccc3F)nc1)OC(F)(F)O2.O=Cc1c(F)cccc1F. The summed E-state index contributed by atoms with van der Waals surface area (Å²) in [5.41, 5.74) is 8.66. The minimum Gasteiger partial charge on any atom is -0.395 e. The number of aromatic nitrogens is 4. The molecule has 0 fully saturated rings. The van der Waals surface area contributed by atoms with Gasteiger partial charge < -0.3 is 30.0 Å². The van der Waals surface area contributed by atoms with Gasteiger partial charge in [-0.3, -0.25) is 4.79 Å². The van der Waals surface area contributed by atoms with Gasteiger partial charge >= 0.3 is 12.6 Å². The zero-order valence-electron chi connectivity index (χ0n) is 29.3. The Morgan fingerprint density at radius 2 is 1.02 bits per heavy atom. The molecule has 8 rings (SSSR count). The molecule has 0 amide bonds. The van der Waals surface area contributed by atoms with Gasteiger partial charge in [-0.1, -0.05) is 12.1 Å². The van der Waals surface area contributed by atoms with Crippen LogP contribution in [-0.4, -0.2) is 38.8 Å². The second-order valence-corrected chi connectivity index (χ2v) is 12.0. The molecule has 0 spiro atoms. The predicted molar refractivity (Wildman–Crippen MR) is 187 cm³/mol. The highest BCUT2D eigenvalue weighted by atomic mass is 19.3. The number of nitrogens with one attached hydrogen (secondary N) is 1. The van der Waals surface area contributed by atoms with E-state index in [1.165, 1.54) is 61.2 Å². The number of benzene rings is 4. The molecule has 0 atom stereocenters. The Morgan fingerprint density at radius 1 is 0.632 bits per heavy atom. The second-order valence-electron chi connectivity index (χ2n) is 12.0. The largest absolute Gasteiger partial charge is 0.586 e. The van der Waals surface area contributed by atoms with Crippen LogP contribution in [0.1, 0.15) is 27.0 Å². The Labute approximate surface area is 317 Å². The standard InChI is InChI=1S/C19H13F4N3O2.C12H9F2N3O2.C7H4F2O/c1-10-5-16-17(28-19(22,23)27-16)6-12(10)11-7-24-18(25-8-11)26-9-13-14(20)3-2-4-15(13)21;1-6-2-9-10(19-12(13,14)18-9)3-8(6)7-4-16-11(15)17-5-7;8-6-2-1-3-7(9)5(6)4-10/h2-8H,9H2,1H3,(H,24,25,26);2-5H,1H3,(H2,15,16,17);1-4H. The maximum absolute atomic E-state index is 13.7. The molecule has 0 saturated heterocycles. The van der Waals surface area contributed by atoms with Crippen molar-refractivity contribution in [3.63, 3.8) is 0 Å². The van der Waals surface area contributed by atoms with Crippen molar-refractivity contribution < 1.29 is 58.9 Å². The molecule has 3 N–H and O–H groups in total. The first kappa shape index (κ1) is 39.6. The van der Waals surface area contributed by atoms with Crippen LogP contribution >= 0.6 is 0 Å². The average Bonchev–Trinajstić information content (AvgIpc) is 3.63. The Kier molecular flexibility index (Phi) is 11.1. The third kappa shape index (κ3) is 9.26. The number of aryl methyl sites for hydroxylation is 2. The molecule has 2 aliphatic heterocycles. The number of nitrogens with two attached hydrogens (primary N) is 1. The summed E-state index contributed by atoms with van der Waals surface area (Å²) in [5.74, 6) is -2.80. The van der Waals surface area contributed by atoms with Gasteiger partial charge in [0.15, 0.2) is 29.3 Å². The first-order valence-corrected chi connectivity index (χ1v) is 16.3. The van der Waals surface area contributed by atoms with E-state index in [1.54, 1.807) is 13.8 Å². The summed E-state index contributed by atoms with van der Waals surface area (Å²) < 4.78 is 122. The van der Waals surface area contributed by atoms with Crippen molar-refractivity contribution >= 4 is 18.2 Å². The number of rotatable bonds is 6. The summed E-state index contributed by atoms with van der Waals surface area (Å²) in [4.78, 5) is 25.9. The molecule has 2 aliphatic rings. The van der Waals surface area contributed by atoms with Crippen LogP contribution in [0.15, 0.2) is 85.5 Å². The number of aldehydes is 1. The molecule has 294 valence electrons. The van der Waals surface area contributed by atoms with E-state index in [4.69, 9.17) is 5.73 Å². The molecule has 4 heterocycles. The van der Waals surface area contributed by atoms with Crippen molar-refractivity contribution in [2.45, 2.75) is 33.0 Å². The lowest BCUT2D eigenvalue weighted by Gasteiger charge is -2.09. The van der Waals surface area contributed by atoms with Gasteiger partial charge in [0.2, 0.25) is 11.9 Å². The fourth-order valence-corrected chi connectivity index (χ4v) is 5.35. The molecule has 6 aromatic rings. The maximum atomic E-state index is 13.7.